The Morgan fingerprint density at radius 3 is 1.86 bits per heavy atom. The Labute approximate surface area is 215 Å². The number of hydrogen-bond donors (Lipinski definition) is 0. The summed E-state index contributed by atoms with van der Waals surface area (Å²) in [6, 6.07) is 22.3. The van der Waals surface area contributed by atoms with Gasteiger partial charge in [0.1, 0.15) is 0 Å². The van der Waals surface area contributed by atoms with Crippen LogP contribution < -0.4 is 0 Å². The molecule has 1 aliphatic rings. The number of hydrogen-bond acceptors (Lipinski definition) is 9. The van der Waals surface area contributed by atoms with Gasteiger partial charge in [0.25, 0.3) is 10.1 Å². The van der Waals surface area contributed by atoms with E-state index in [-0.39, 0.29) is 22.6 Å². The Kier molecular flexibility index (Phi) is 8.34. The predicted molar refractivity (Wildman–Crippen MR) is 131 cm³/mol. The van der Waals surface area contributed by atoms with Gasteiger partial charge in [-0.15, -0.1) is 0 Å². The molecule has 37 heavy (non-hydrogen) atoms. The molecule has 0 aliphatic carbocycles. The van der Waals surface area contributed by atoms with E-state index in [9.17, 15) is 18.0 Å². The quantitative estimate of drug-likeness (QED) is 0.321. The number of rotatable bonds is 8. The fourth-order valence-corrected chi connectivity index (χ4v) is 4.85. The van der Waals surface area contributed by atoms with Crippen molar-refractivity contribution < 1.29 is 41.1 Å². The molecule has 4 rings (SSSR count). The minimum absolute atomic E-state index is 0.111. The first-order chi connectivity index (χ1) is 17.8. The van der Waals surface area contributed by atoms with Gasteiger partial charge in [-0.3, -0.25) is 4.18 Å². The molecule has 0 radical (unpaired) electrons. The van der Waals surface area contributed by atoms with Crippen LogP contribution in [0.3, 0.4) is 0 Å². The smallest absolute Gasteiger partial charge is 0.338 e. The Morgan fingerprint density at radius 2 is 1.32 bits per heavy atom. The summed E-state index contributed by atoms with van der Waals surface area (Å²) in [5.41, 5.74) is 1.32. The van der Waals surface area contributed by atoms with E-state index in [1.54, 1.807) is 72.8 Å². The average Bonchev–Trinajstić information content (AvgIpc) is 2.91. The molecule has 0 unspecified atom stereocenters. The van der Waals surface area contributed by atoms with Gasteiger partial charge in [0.15, 0.2) is 24.6 Å². The molecule has 0 bridgehead atoms. The largest absolute Gasteiger partial charge is 0.453 e. The summed E-state index contributed by atoms with van der Waals surface area (Å²) < 4.78 is 54.3. The number of esters is 2. The van der Waals surface area contributed by atoms with Gasteiger partial charge in [-0.2, -0.15) is 8.42 Å². The Balaban J connectivity index is 1.67. The zero-order valence-corrected chi connectivity index (χ0v) is 21.0. The van der Waals surface area contributed by atoms with E-state index in [0.29, 0.717) is 0 Å². The second kappa shape index (κ2) is 11.7. The van der Waals surface area contributed by atoms with E-state index in [1.165, 1.54) is 19.2 Å². The summed E-state index contributed by atoms with van der Waals surface area (Å²) in [4.78, 5) is 25.6. The summed E-state index contributed by atoms with van der Waals surface area (Å²) in [5, 5.41) is 0. The van der Waals surface area contributed by atoms with E-state index in [4.69, 9.17) is 23.1 Å². The molecule has 1 saturated heterocycles. The normalized spacial score (nSPS) is 21.7. The molecule has 3 aromatic carbocycles. The van der Waals surface area contributed by atoms with Gasteiger partial charge >= 0.3 is 11.9 Å². The molecule has 0 spiro atoms. The highest BCUT2D eigenvalue weighted by Crippen LogP contribution is 2.29. The highest BCUT2D eigenvalue weighted by molar-refractivity contribution is 7.86. The lowest BCUT2D eigenvalue weighted by atomic mass is 10.0. The van der Waals surface area contributed by atoms with Crippen LogP contribution in [-0.4, -0.2) is 58.7 Å². The van der Waals surface area contributed by atoms with Gasteiger partial charge in [0.2, 0.25) is 0 Å². The second-order valence-electron chi connectivity index (χ2n) is 8.31. The third-order valence-corrected chi connectivity index (χ3v) is 7.01. The Hall–Kier alpha value is -3.57. The lowest BCUT2D eigenvalue weighted by Crippen LogP contribution is -2.58. The maximum Gasteiger partial charge on any atom is 0.338 e. The van der Waals surface area contributed by atoms with Crippen LogP contribution in [0.15, 0.2) is 89.8 Å². The maximum absolute atomic E-state index is 13.2. The maximum atomic E-state index is 13.2. The number of carbonyl (C=O) groups is 2. The highest BCUT2D eigenvalue weighted by Gasteiger charge is 2.49. The lowest BCUT2D eigenvalue weighted by molar-refractivity contribution is -0.255. The van der Waals surface area contributed by atoms with Crippen molar-refractivity contribution >= 4 is 22.1 Å². The fourth-order valence-electron chi connectivity index (χ4n) is 3.74. The number of carbonyl (C=O) groups excluding carboxylic acids is 2. The van der Waals surface area contributed by atoms with Crippen LogP contribution in [0, 0.1) is 6.92 Å². The molecular weight excluding hydrogens is 500 g/mol. The van der Waals surface area contributed by atoms with Crippen LogP contribution in [0.25, 0.3) is 0 Å². The SMILES string of the molecule is CO[C@H]1OC[C@@H](OC(=O)c2ccccc2)[C@H](OS(=O)(=O)c2ccc(C)cc2)[C@H]1OC(=O)c1ccccc1. The number of benzene rings is 3. The van der Waals surface area contributed by atoms with Crippen molar-refractivity contribution in [2.45, 2.75) is 36.4 Å². The second-order valence-corrected chi connectivity index (χ2v) is 9.88. The topological polar surface area (TPSA) is 114 Å². The van der Waals surface area contributed by atoms with Gasteiger partial charge < -0.3 is 18.9 Å². The van der Waals surface area contributed by atoms with Crippen molar-refractivity contribution in [1.82, 2.24) is 0 Å². The van der Waals surface area contributed by atoms with Crippen molar-refractivity contribution in [3.63, 3.8) is 0 Å². The van der Waals surface area contributed by atoms with Crippen LogP contribution in [0.2, 0.25) is 0 Å². The molecule has 1 fully saturated rings. The highest BCUT2D eigenvalue weighted by atomic mass is 32.2. The van der Waals surface area contributed by atoms with Gasteiger partial charge in [0.05, 0.1) is 22.6 Å². The number of ether oxygens (including phenoxy) is 4. The summed E-state index contributed by atoms with van der Waals surface area (Å²) in [5.74, 6) is -1.48. The monoisotopic (exact) mass is 526 g/mol. The number of aryl methyl sites for hydroxylation is 1. The molecule has 1 aliphatic heterocycles. The first-order valence-corrected chi connectivity index (χ1v) is 12.9. The van der Waals surface area contributed by atoms with E-state index >= 15 is 0 Å². The number of methoxy groups -OCH3 is 1. The molecule has 1 heterocycles. The van der Waals surface area contributed by atoms with E-state index < -0.39 is 46.7 Å². The molecule has 0 N–H and O–H groups in total. The first-order valence-electron chi connectivity index (χ1n) is 11.4. The third-order valence-electron chi connectivity index (χ3n) is 5.68. The predicted octanol–water partition coefficient (Wildman–Crippen LogP) is 3.52. The van der Waals surface area contributed by atoms with Crippen LogP contribution in [0.4, 0.5) is 0 Å². The van der Waals surface area contributed by atoms with Crippen molar-refractivity contribution in [1.29, 1.82) is 0 Å². The zero-order valence-electron chi connectivity index (χ0n) is 20.2. The first kappa shape index (κ1) is 26.5. The van der Waals surface area contributed by atoms with E-state index in [0.717, 1.165) is 5.56 Å². The molecule has 4 atom stereocenters. The molecule has 0 aromatic heterocycles. The molecule has 194 valence electrons. The molecule has 3 aromatic rings. The van der Waals surface area contributed by atoms with Crippen molar-refractivity contribution in [3.05, 3.63) is 102 Å². The van der Waals surface area contributed by atoms with Crippen LogP contribution in [0.1, 0.15) is 26.3 Å². The molecule has 0 amide bonds. The summed E-state index contributed by atoms with van der Waals surface area (Å²) in [7, 11) is -3.05. The minimum atomic E-state index is -4.37. The summed E-state index contributed by atoms with van der Waals surface area (Å²) in [6.07, 6.45) is -5.28. The van der Waals surface area contributed by atoms with Crippen molar-refractivity contribution in [2.75, 3.05) is 13.7 Å². The Bertz CT molecular complexity index is 1310. The van der Waals surface area contributed by atoms with E-state index in [2.05, 4.69) is 0 Å². The molecule has 10 heteroatoms. The summed E-state index contributed by atoms with van der Waals surface area (Å²) in [6.45, 7) is 1.56. The Morgan fingerprint density at radius 1 is 0.784 bits per heavy atom. The molecular formula is C27H26O9S. The van der Waals surface area contributed by atoms with Gasteiger partial charge in [-0.25, -0.2) is 9.59 Å². The van der Waals surface area contributed by atoms with Crippen LogP contribution >= 0.6 is 0 Å². The van der Waals surface area contributed by atoms with Gasteiger partial charge in [0, 0.05) is 7.11 Å². The minimum Gasteiger partial charge on any atom is -0.453 e. The van der Waals surface area contributed by atoms with Gasteiger partial charge in [-0.05, 0) is 43.3 Å². The van der Waals surface area contributed by atoms with Crippen molar-refractivity contribution in [2.24, 2.45) is 0 Å². The molecule has 0 saturated carbocycles. The van der Waals surface area contributed by atoms with Crippen LogP contribution in [-0.2, 0) is 33.2 Å². The average molecular weight is 527 g/mol. The standard InChI is InChI=1S/C27H26O9S/c1-18-13-15-21(16-14-18)37(30,31)36-23-22(34-25(28)19-9-5-3-6-10-19)17-33-27(32-2)24(23)35-26(29)20-11-7-4-8-12-20/h3-16,22-24,27H,17H2,1-2H3/t22-,23+,24-,27+/m1/s1. The lowest BCUT2D eigenvalue weighted by Gasteiger charge is -2.39. The molecule has 9 nitrogen and oxygen atoms in total. The van der Waals surface area contributed by atoms with Gasteiger partial charge in [-0.1, -0.05) is 54.1 Å². The third kappa shape index (κ3) is 6.41. The van der Waals surface area contributed by atoms with Crippen molar-refractivity contribution in [3.8, 4) is 0 Å². The van der Waals surface area contributed by atoms with Crippen LogP contribution in [0.5, 0.6) is 0 Å². The fraction of sp³-hybridized carbons (Fsp3) is 0.259. The zero-order chi connectivity index (χ0) is 26.4. The van der Waals surface area contributed by atoms with E-state index in [1.807, 2.05) is 6.92 Å². The summed E-state index contributed by atoms with van der Waals surface area (Å²) >= 11 is 0.